The molecule has 48 valence electrons. The highest BCUT2D eigenvalue weighted by molar-refractivity contribution is 4.85. The molecule has 0 spiro atoms. The van der Waals surface area contributed by atoms with E-state index in [2.05, 4.69) is 9.70 Å². The first-order valence-corrected chi connectivity index (χ1v) is 2.27. The maximum Gasteiger partial charge on any atom is 0.442 e. The van der Waals surface area contributed by atoms with E-state index < -0.39 is 5.76 Å². The predicted octanol–water partition coefficient (Wildman–Crippen LogP) is 0.279. The Bertz CT molecular complexity index is 272. The molecule has 1 aromatic rings. The van der Waals surface area contributed by atoms with E-state index in [0.29, 0.717) is 10.4 Å². The van der Waals surface area contributed by atoms with E-state index in [0.717, 1.165) is 0 Å². The van der Waals surface area contributed by atoms with Gasteiger partial charge in [-0.1, -0.05) is 0 Å². The van der Waals surface area contributed by atoms with Gasteiger partial charge in [-0.15, -0.1) is 9.58 Å². The Balaban J connectivity index is 3.32. The van der Waals surface area contributed by atoms with Crippen LogP contribution in [0.5, 0.6) is 0 Å². The molecule has 0 amide bonds. The standard InChI is InChI=1S/C4H4N2O3/c1-3-2-6(5-8)4(7)9-3/h2H,1H3. The second-order valence-electron chi connectivity index (χ2n) is 1.53. The van der Waals surface area contributed by atoms with Gasteiger partial charge in [0.15, 0.2) is 0 Å². The number of hydrogen-bond donors (Lipinski definition) is 0. The van der Waals surface area contributed by atoms with Gasteiger partial charge in [0.2, 0.25) is 0 Å². The Hall–Kier alpha value is -1.39. The Kier molecular flexibility index (Phi) is 1.18. The highest BCUT2D eigenvalue weighted by atomic mass is 16.4. The number of oxazole rings is 1. The molecule has 9 heavy (non-hydrogen) atoms. The zero-order valence-electron chi connectivity index (χ0n) is 4.70. The van der Waals surface area contributed by atoms with E-state index in [4.69, 9.17) is 0 Å². The lowest BCUT2D eigenvalue weighted by molar-refractivity contribution is 0.469. The van der Waals surface area contributed by atoms with E-state index >= 15 is 0 Å². The van der Waals surface area contributed by atoms with Crippen LogP contribution in [0.3, 0.4) is 0 Å². The third-order valence-electron chi connectivity index (χ3n) is 0.827. The van der Waals surface area contributed by atoms with Gasteiger partial charge in [-0.2, -0.15) is 0 Å². The van der Waals surface area contributed by atoms with Crippen LogP contribution in [0.2, 0.25) is 0 Å². The molecule has 1 aromatic heterocycles. The summed E-state index contributed by atoms with van der Waals surface area (Å²) in [6.07, 6.45) is 1.22. The van der Waals surface area contributed by atoms with Crippen molar-refractivity contribution in [1.29, 1.82) is 0 Å². The Morgan fingerprint density at radius 2 is 2.44 bits per heavy atom. The summed E-state index contributed by atoms with van der Waals surface area (Å²) in [5.41, 5.74) is 0. The van der Waals surface area contributed by atoms with Gasteiger partial charge < -0.3 is 4.42 Å². The van der Waals surface area contributed by atoms with Crippen LogP contribution >= 0.6 is 0 Å². The average Bonchev–Trinajstić information content (AvgIpc) is 2.10. The molecule has 0 aliphatic heterocycles. The van der Waals surface area contributed by atoms with Gasteiger partial charge in [0.25, 0.3) is 0 Å². The average molecular weight is 128 g/mol. The molecule has 0 radical (unpaired) electrons. The molecule has 0 aromatic carbocycles. The molecular weight excluding hydrogens is 124 g/mol. The van der Waals surface area contributed by atoms with Crippen molar-refractivity contribution in [2.75, 3.05) is 0 Å². The van der Waals surface area contributed by atoms with Crippen LogP contribution < -0.4 is 5.76 Å². The fourth-order valence-corrected chi connectivity index (χ4v) is 0.493. The van der Waals surface area contributed by atoms with Gasteiger partial charge in [0.05, 0.1) is 11.5 Å². The zero-order chi connectivity index (χ0) is 6.85. The number of rotatable bonds is 1. The lowest BCUT2D eigenvalue weighted by atomic mass is 10.6. The van der Waals surface area contributed by atoms with E-state index in [1.807, 2.05) is 0 Å². The highest BCUT2D eigenvalue weighted by Gasteiger charge is 1.98. The highest BCUT2D eigenvalue weighted by Crippen LogP contribution is 1.90. The number of nitroso groups, excluding NO2 is 1. The van der Waals surface area contributed by atoms with Crippen molar-refractivity contribution >= 4 is 0 Å². The summed E-state index contributed by atoms with van der Waals surface area (Å²) in [5.74, 6) is -0.373. The third kappa shape index (κ3) is 0.883. The minimum absolute atomic E-state index is 0.375. The quantitative estimate of drug-likeness (QED) is 0.510. The van der Waals surface area contributed by atoms with Crippen LogP contribution in [0.1, 0.15) is 5.76 Å². The molecule has 1 heterocycles. The number of hydrogen-bond acceptors (Lipinski definition) is 4. The summed E-state index contributed by atoms with van der Waals surface area (Å²) in [7, 11) is 0. The molecule has 0 aliphatic rings. The van der Waals surface area contributed by atoms with E-state index in [1.165, 1.54) is 6.20 Å². The fourth-order valence-electron chi connectivity index (χ4n) is 0.493. The Morgan fingerprint density at radius 3 is 2.67 bits per heavy atom. The van der Waals surface area contributed by atoms with E-state index in [1.54, 1.807) is 6.92 Å². The maximum atomic E-state index is 10.4. The normalized spacial score (nSPS) is 9.44. The van der Waals surface area contributed by atoms with Gasteiger partial charge in [-0.3, -0.25) is 0 Å². The molecule has 0 atom stereocenters. The molecule has 0 N–H and O–H groups in total. The largest absolute Gasteiger partial charge is 0.442 e. The lowest BCUT2D eigenvalue weighted by Crippen LogP contribution is -2.06. The molecule has 5 nitrogen and oxygen atoms in total. The van der Waals surface area contributed by atoms with Crippen molar-refractivity contribution in [1.82, 2.24) is 4.68 Å². The topological polar surface area (TPSA) is 64.6 Å². The van der Waals surface area contributed by atoms with Gasteiger partial charge in [0, 0.05) is 0 Å². The van der Waals surface area contributed by atoms with Gasteiger partial charge in [0.1, 0.15) is 5.76 Å². The van der Waals surface area contributed by atoms with Crippen LogP contribution in [-0.2, 0) is 0 Å². The van der Waals surface area contributed by atoms with Gasteiger partial charge in [-0.25, -0.2) is 4.79 Å². The van der Waals surface area contributed by atoms with Crippen LogP contribution in [0.25, 0.3) is 0 Å². The fraction of sp³-hybridized carbons (Fsp3) is 0.250. The molecule has 1 rings (SSSR count). The molecule has 0 saturated heterocycles. The third-order valence-corrected chi connectivity index (χ3v) is 0.827. The summed E-state index contributed by atoms with van der Waals surface area (Å²) in [4.78, 5) is 20.1. The van der Waals surface area contributed by atoms with Crippen molar-refractivity contribution in [3.63, 3.8) is 0 Å². The first kappa shape index (κ1) is 5.74. The molecule has 0 bridgehead atoms. The van der Waals surface area contributed by atoms with Gasteiger partial charge >= 0.3 is 5.76 Å². The van der Waals surface area contributed by atoms with Crippen LogP contribution in [-0.4, -0.2) is 4.68 Å². The van der Waals surface area contributed by atoms with Crippen molar-refractivity contribution in [3.05, 3.63) is 27.4 Å². The number of nitrogens with zero attached hydrogens (tertiary/aromatic N) is 2. The molecule has 5 heteroatoms. The first-order chi connectivity index (χ1) is 4.24. The summed E-state index contributed by atoms with van der Waals surface area (Å²) in [6, 6.07) is 0. The summed E-state index contributed by atoms with van der Waals surface area (Å²) in [5, 5.41) is 2.35. The van der Waals surface area contributed by atoms with Crippen molar-refractivity contribution in [3.8, 4) is 0 Å². The minimum atomic E-state index is -0.748. The number of aryl methyl sites for hydroxylation is 1. The minimum Gasteiger partial charge on any atom is -0.412 e. The summed E-state index contributed by atoms with van der Waals surface area (Å²) < 4.78 is 5.01. The second-order valence-corrected chi connectivity index (χ2v) is 1.53. The Labute approximate surface area is 49.8 Å². The maximum absolute atomic E-state index is 10.4. The first-order valence-electron chi connectivity index (χ1n) is 2.27. The number of aromatic nitrogens is 1. The molecule has 0 saturated carbocycles. The SMILES string of the molecule is Cc1cn(N=O)c(=O)o1. The van der Waals surface area contributed by atoms with Crippen LogP contribution in [0.4, 0.5) is 0 Å². The second kappa shape index (κ2) is 1.85. The molecular formula is C4H4N2O3. The molecule has 0 fully saturated rings. The van der Waals surface area contributed by atoms with Crippen LogP contribution in [0, 0.1) is 11.8 Å². The Morgan fingerprint density at radius 1 is 1.78 bits per heavy atom. The zero-order valence-corrected chi connectivity index (χ0v) is 4.70. The van der Waals surface area contributed by atoms with E-state index in [9.17, 15) is 9.70 Å². The van der Waals surface area contributed by atoms with Crippen LogP contribution in [0.15, 0.2) is 20.7 Å². The molecule has 0 unspecified atom stereocenters. The van der Waals surface area contributed by atoms with Gasteiger partial charge in [-0.05, 0) is 6.92 Å². The van der Waals surface area contributed by atoms with Crippen molar-refractivity contribution < 1.29 is 4.42 Å². The smallest absolute Gasteiger partial charge is 0.412 e. The van der Waals surface area contributed by atoms with Crippen molar-refractivity contribution in [2.45, 2.75) is 6.92 Å². The lowest BCUT2D eigenvalue weighted by Gasteiger charge is -1.71. The monoisotopic (exact) mass is 128 g/mol. The predicted molar refractivity (Wildman–Crippen MR) is 28.9 cm³/mol. The van der Waals surface area contributed by atoms with Crippen molar-refractivity contribution in [2.24, 2.45) is 5.29 Å². The molecule has 0 aliphatic carbocycles. The summed E-state index contributed by atoms with van der Waals surface area (Å²) >= 11 is 0. The van der Waals surface area contributed by atoms with E-state index in [-0.39, 0.29) is 0 Å². The summed E-state index contributed by atoms with van der Waals surface area (Å²) in [6.45, 7) is 1.56.